The summed E-state index contributed by atoms with van der Waals surface area (Å²) in [4.78, 5) is 24.9. The van der Waals surface area contributed by atoms with E-state index in [1.165, 1.54) is 0 Å². The number of amides is 2. The Balaban J connectivity index is 1.43. The number of hydrogen-bond donors (Lipinski definition) is 4. The fraction of sp³-hybridized carbons (Fsp3) is 0.579. The number of nitrogens with one attached hydrogen (secondary N) is 2. The van der Waals surface area contributed by atoms with Crippen molar-refractivity contribution >= 4 is 12.0 Å². The van der Waals surface area contributed by atoms with Crippen LogP contribution in [-0.2, 0) is 16.8 Å². The second-order valence-corrected chi connectivity index (χ2v) is 7.29. The van der Waals surface area contributed by atoms with E-state index in [0.717, 1.165) is 30.4 Å². The Hall–Kier alpha value is -2.12. The van der Waals surface area contributed by atoms with Gasteiger partial charge in [0.2, 0.25) is 0 Å². The van der Waals surface area contributed by atoms with E-state index in [1.54, 1.807) is 0 Å². The molecule has 0 heterocycles. The maximum absolute atomic E-state index is 12.1. The summed E-state index contributed by atoms with van der Waals surface area (Å²) in [6.45, 7) is 2.84. The second-order valence-electron chi connectivity index (χ2n) is 7.29. The molecule has 2 amide bonds. The van der Waals surface area contributed by atoms with Crippen molar-refractivity contribution in [3.8, 4) is 0 Å². The van der Waals surface area contributed by atoms with Crippen LogP contribution in [0.5, 0.6) is 0 Å². The molecular formula is C19H27N3O4. The van der Waals surface area contributed by atoms with Crippen LogP contribution < -0.4 is 10.6 Å². The first-order chi connectivity index (χ1) is 12.4. The van der Waals surface area contributed by atoms with Crippen LogP contribution in [0.3, 0.4) is 0 Å². The molecule has 1 fully saturated rings. The van der Waals surface area contributed by atoms with Gasteiger partial charge in [-0.15, -0.1) is 0 Å². The van der Waals surface area contributed by atoms with Gasteiger partial charge in [0.25, 0.3) is 0 Å². The Bertz CT molecular complexity index is 675. The number of benzene rings is 1. The average molecular weight is 361 g/mol. The fourth-order valence-electron chi connectivity index (χ4n) is 3.99. The first-order valence-corrected chi connectivity index (χ1v) is 9.22. The molecule has 1 saturated carbocycles. The lowest BCUT2D eigenvalue weighted by molar-refractivity contribution is -0.139. The smallest absolute Gasteiger partial charge is 0.317 e. The molecule has 0 saturated heterocycles. The molecule has 2 aliphatic rings. The van der Waals surface area contributed by atoms with Crippen LogP contribution >= 0.6 is 0 Å². The zero-order valence-corrected chi connectivity index (χ0v) is 15.1. The minimum absolute atomic E-state index is 0.0343. The van der Waals surface area contributed by atoms with E-state index in [2.05, 4.69) is 10.6 Å². The maximum atomic E-state index is 12.1. The van der Waals surface area contributed by atoms with Gasteiger partial charge in [-0.25, -0.2) is 4.79 Å². The highest BCUT2D eigenvalue weighted by atomic mass is 16.4. The lowest BCUT2D eigenvalue weighted by Crippen LogP contribution is -2.57. The van der Waals surface area contributed by atoms with Gasteiger partial charge in [0.1, 0.15) is 5.60 Å². The third-order valence-corrected chi connectivity index (χ3v) is 5.58. The van der Waals surface area contributed by atoms with Crippen molar-refractivity contribution in [3.63, 3.8) is 0 Å². The van der Waals surface area contributed by atoms with Crippen molar-refractivity contribution in [1.29, 1.82) is 0 Å². The third kappa shape index (κ3) is 3.99. The predicted molar refractivity (Wildman–Crippen MR) is 96.9 cm³/mol. The molecule has 26 heavy (non-hydrogen) atoms. The summed E-state index contributed by atoms with van der Waals surface area (Å²) in [5, 5.41) is 25.4. The van der Waals surface area contributed by atoms with Crippen molar-refractivity contribution in [2.45, 2.75) is 50.3 Å². The summed E-state index contributed by atoms with van der Waals surface area (Å²) >= 11 is 0. The molecule has 1 aromatic carbocycles. The van der Waals surface area contributed by atoms with Crippen LogP contribution in [0.1, 0.15) is 37.3 Å². The molecule has 4 N–H and O–H groups in total. The van der Waals surface area contributed by atoms with E-state index in [-0.39, 0.29) is 31.2 Å². The number of aryl methyl sites for hydroxylation is 1. The van der Waals surface area contributed by atoms with Crippen LogP contribution in [0, 0.1) is 0 Å². The Labute approximate surface area is 153 Å². The zero-order chi connectivity index (χ0) is 18.7. The number of likely N-dealkylation sites (N-methyl/N-ethyl adjacent to an activating group) is 1. The van der Waals surface area contributed by atoms with Gasteiger partial charge in [0.05, 0.1) is 13.1 Å². The fourth-order valence-corrected chi connectivity index (χ4v) is 3.99. The first-order valence-electron chi connectivity index (χ1n) is 9.22. The second kappa shape index (κ2) is 7.63. The third-order valence-electron chi connectivity index (χ3n) is 5.58. The Kier molecular flexibility index (Phi) is 5.48. The van der Waals surface area contributed by atoms with Gasteiger partial charge in [-0.2, -0.15) is 0 Å². The molecule has 142 valence electrons. The van der Waals surface area contributed by atoms with Gasteiger partial charge in [0.15, 0.2) is 0 Å². The van der Waals surface area contributed by atoms with Crippen molar-refractivity contribution in [3.05, 3.63) is 35.4 Å². The van der Waals surface area contributed by atoms with Gasteiger partial charge < -0.3 is 20.8 Å². The number of carboxylic acids is 1. The summed E-state index contributed by atoms with van der Waals surface area (Å²) in [6, 6.07) is 7.76. The predicted octanol–water partition coefficient (Wildman–Crippen LogP) is 1.06. The van der Waals surface area contributed by atoms with Crippen LogP contribution in [0.2, 0.25) is 0 Å². The number of rotatable bonds is 7. The molecule has 0 aromatic heterocycles. The number of hydrogen-bond acceptors (Lipinski definition) is 4. The number of nitrogens with zero attached hydrogens (tertiary/aromatic N) is 1. The van der Waals surface area contributed by atoms with Gasteiger partial charge in [-0.1, -0.05) is 31.2 Å². The van der Waals surface area contributed by atoms with Gasteiger partial charge >= 0.3 is 12.0 Å². The van der Waals surface area contributed by atoms with Crippen LogP contribution in [0.15, 0.2) is 24.3 Å². The van der Waals surface area contributed by atoms with Crippen LogP contribution in [0.25, 0.3) is 0 Å². The summed E-state index contributed by atoms with van der Waals surface area (Å²) in [6.07, 6.45) is 2.93. The topological polar surface area (TPSA) is 102 Å². The number of carbonyl (C=O) groups is 2. The molecule has 0 bridgehead atoms. The molecule has 1 atom stereocenters. The number of aliphatic hydroxyl groups is 1. The summed E-state index contributed by atoms with van der Waals surface area (Å²) < 4.78 is 0. The zero-order valence-electron chi connectivity index (χ0n) is 15.1. The number of fused-ring (bicyclic) bond motifs is 1. The molecule has 0 aliphatic heterocycles. The van der Waals surface area contributed by atoms with E-state index >= 15 is 0 Å². The van der Waals surface area contributed by atoms with Gasteiger partial charge in [-0.3, -0.25) is 9.69 Å². The molecule has 3 rings (SSSR count). The van der Waals surface area contributed by atoms with Gasteiger partial charge in [0, 0.05) is 12.1 Å². The minimum Gasteiger partial charge on any atom is -0.480 e. The number of aliphatic carboxylic acids is 1. The average Bonchev–Trinajstić information content (AvgIpc) is 2.92. The Morgan fingerprint density at radius 3 is 2.73 bits per heavy atom. The van der Waals surface area contributed by atoms with E-state index in [9.17, 15) is 14.7 Å². The highest BCUT2D eigenvalue weighted by Crippen LogP contribution is 2.36. The van der Waals surface area contributed by atoms with Crippen molar-refractivity contribution in [2.24, 2.45) is 0 Å². The summed E-state index contributed by atoms with van der Waals surface area (Å²) in [5.41, 5.74) is 1.03. The monoisotopic (exact) mass is 361 g/mol. The van der Waals surface area contributed by atoms with Crippen molar-refractivity contribution < 1.29 is 19.8 Å². The minimum atomic E-state index is -1.00. The molecule has 2 aliphatic carbocycles. The van der Waals surface area contributed by atoms with Crippen molar-refractivity contribution in [2.75, 3.05) is 19.6 Å². The molecular weight excluding hydrogens is 334 g/mol. The van der Waals surface area contributed by atoms with Crippen molar-refractivity contribution in [1.82, 2.24) is 15.5 Å². The Morgan fingerprint density at radius 1 is 1.31 bits per heavy atom. The molecule has 0 spiro atoms. The normalized spacial score (nSPS) is 26.9. The first kappa shape index (κ1) is 18.7. The van der Waals surface area contributed by atoms with E-state index in [1.807, 2.05) is 36.1 Å². The molecule has 7 heteroatoms. The van der Waals surface area contributed by atoms with Gasteiger partial charge in [-0.05, 0) is 43.4 Å². The standard InChI is InChI=1S/C19H27N3O4/c1-2-22(11-17(23)24)15-9-14(10-15)21-18(25)20-12-19(26)8-7-13-5-3-4-6-16(13)19/h3-6,14-15,26H,2,7-12H2,1H3,(H,23,24)(H2,20,21,25). The molecule has 0 radical (unpaired) electrons. The lowest BCUT2D eigenvalue weighted by atomic mass is 9.85. The molecule has 7 nitrogen and oxygen atoms in total. The molecule has 1 unspecified atom stereocenters. The molecule has 1 aromatic rings. The highest BCUT2D eigenvalue weighted by molar-refractivity contribution is 5.74. The highest BCUT2D eigenvalue weighted by Gasteiger charge is 2.38. The van der Waals surface area contributed by atoms with Crippen LogP contribution in [0.4, 0.5) is 4.79 Å². The van der Waals surface area contributed by atoms with Crippen LogP contribution in [-0.4, -0.2) is 58.8 Å². The van der Waals surface area contributed by atoms with E-state index < -0.39 is 11.6 Å². The maximum Gasteiger partial charge on any atom is 0.317 e. The van der Waals surface area contributed by atoms with E-state index in [0.29, 0.717) is 13.0 Å². The lowest BCUT2D eigenvalue weighted by Gasteiger charge is -2.42. The number of carbonyl (C=O) groups excluding carboxylic acids is 1. The number of urea groups is 1. The Morgan fingerprint density at radius 2 is 2.04 bits per heavy atom. The van der Waals surface area contributed by atoms with E-state index in [4.69, 9.17) is 5.11 Å². The summed E-state index contributed by atoms with van der Waals surface area (Å²) in [5.74, 6) is -0.828. The largest absolute Gasteiger partial charge is 0.480 e. The summed E-state index contributed by atoms with van der Waals surface area (Å²) in [7, 11) is 0. The quantitative estimate of drug-likeness (QED) is 0.582. The number of carboxylic acid groups (broad SMARTS) is 1. The SMILES string of the molecule is CCN(CC(=O)O)C1CC(NC(=O)NCC2(O)CCc3ccccc32)C1.